The molecule has 2 aliphatic rings. The maximum atomic E-state index is 14.2. The number of halogens is 4. The first-order valence-electron chi connectivity index (χ1n) is 13.2. The van der Waals surface area contributed by atoms with Gasteiger partial charge in [0.05, 0.1) is 19.3 Å². The van der Waals surface area contributed by atoms with Crippen molar-refractivity contribution in [3.8, 4) is 22.8 Å². The number of hydrogen-bond donors (Lipinski definition) is 3. The summed E-state index contributed by atoms with van der Waals surface area (Å²) in [5, 5.41) is 15.4. The van der Waals surface area contributed by atoms with Crippen LogP contribution in [0.3, 0.4) is 0 Å². The summed E-state index contributed by atoms with van der Waals surface area (Å²) in [6, 6.07) is 12.7. The first kappa shape index (κ1) is 27.9. The van der Waals surface area contributed by atoms with E-state index >= 15 is 0 Å². The third kappa shape index (κ3) is 4.60. The molecule has 1 amide bonds. The molecule has 1 saturated carbocycles. The molecule has 218 valence electrons. The molecular weight excluding hydrogens is 556 g/mol. The molecule has 1 aliphatic heterocycles. The van der Waals surface area contributed by atoms with Gasteiger partial charge >= 0.3 is 6.18 Å². The van der Waals surface area contributed by atoms with Crippen molar-refractivity contribution in [1.29, 1.82) is 0 Å². The molecule has 2 aromatic carbocycles. The molecule has 1 unspecified atom stereocenters. The molecule has 42 heavy (non-hydrogen) atoms. The number of aromatic nitrogens is 2. The monoisotopic (exact) mass is 582 g/mol. The van der Waals surface area contributed by atoms with Crippen molar-refractivity contribution >= 4 is 16.8 Å². The number of ether oxygens (including phenoxy) is 2. The Bertz CT molecular complexity index is 1690. The minimum Gasteiger partial charge on any atom is -0.494 e. The van der Waals surface area contributed by atoms with Gasteiger partial charge in [-0.2, -0.15) is 13.2 Å². The predicted molar refractivity (Wildman–Crippen MR) is 144 cm³/mol. The van der Waals surface area contributed by atoms with Crippen molar-refractivity contribution in [2.24, 2.45) is 11.7 Å². The Kier molecular flexibility index (Phi) is 6.58. The smallest absolute Gasteiger partial charge is 0.414 e. The van der Waals surface area contributed by atoms with Crippen LogP contribution in [-0.4, -0.2) is 47.4 Å². The van der Waals surface area contributed by atoms with Crippen molar-refractivity contribution in [2.75, 3.05) is 20.3 Å². The molecule has 12 heteroatoms. The van der Waals surface area contributed by atoms with E-state index in [0.29, 0.717) is 29.5 Å². The first-order chi connectivity index (χ1) is 19.9. The molecule has 3 heterocycles. The number of amides is 1. The average molecular weight is 583 g/mol. The quantitative estimate of drug-likeness (QED) is 0.273. The van der Waals surface area contributed by atoms with Crippen LogP contribution in [0.4, 0.5) is 17.6 Å². The van der Waals surface area contributed by atoms with Crippen LogP contribution in [0, 0.1) is 11.7 Å². The van der Waals surface area contributed by atoms with Crippen LogP contribution >= 0.6 is 0 Å². The second-order valence-corrected chi connectivity index (χ2v) is 10.6. The zero-order chi connectivity index (χ0) is 29.9. The minimum atomic E-state index is -4.88. The fourth-order valence-corrected chi connectivity index (χ4v) is 5.30. The molecule has 0 spiro atoms. The molecule has 8 nitrogen and oxygen atoms in total. The largest absolute Gasteiger partial charge is 0.494 e. The molecule has 4 aromatic rings. The number of benzene rings is 2. The van der Waals surface area contributed by atoms with Crippen LogP contribution < -0.4 is 20.5 Å². The summed E-state index contributed by atoms with van der Waals surface area (Å²) in [4.78, 5) is 22.1. The maximum Gasteiger partial charge on any atom is 0.414 e. The Morgan fingerprint density at radius 2 is 1.93 bits per heavy atom. The number of rotatable bonds is 7. The third-order valence-electron chi connectivity index (χ3n) is 7.89. The van der Waals surface area contributed by atoms with Crippen LogP contribution in [0.1, 0.15) is 34.5 Å². The molecule has 6 rings (SSSR count). The van der Waals surface area contributed by atoms with Crippen LogP contribution in [0.25, 0.3) is 22.2 Å². The van der Waals surface area contributed by atoms with Crippen molar-refractivity contribution in [2.45, 2.75) is 30.2 Å². The highest BCUT2D eigenvalue weighted by molar-refractivity contribution is 5.99. The molecule has 1 fully saturated rings. The standard InChI is InChI=1S/C30H26F4N4O4/c1-41-22-12-18(11-17-3-2-10-36-24(17)22)27(39)37-14-28(40,19-6-7-19)23-13-21-26(42-15-29(21,35)30(32,33)34)25(38-23)16-4-8-20(31)9-5-16/h2-5,8-13,19,40H,6-7,14-15,35H2,1H3,(H,37,39)/t28?,29-/m0/s1. The van der Waals surface area contributed by atoms with E-state index in [2.05, 4.69) is 15.3 Å². The number of nitrogens with zero attached hydrogens (tertiary/aromatic N) is 2. The van der Waals surface area contributed by atoms with Gasteiger partial charge in [0, 0.05) is 28.3 Å². The average Bonchev–Trinajstić information content (AvgIpc) is 3.78. The topological polar surface area (TPSA) is 120 Å². The maximum absolute atomic E-state index is 14.2. The van der Waals surface area contributed by atoms with Gasteiger partial charge in [-0.05, 0) is 67.3 Å². The van der Waals surface area contributed by atoms with Gasteiger partial charge in [0.25, 0.3) is 5.91 Å². The number of aliphatic hydroxyl groups is 1. The van der Waals surface area contributed by atoms with Crippen molar-refractivity contribution in [3.63, 3.8) is 0 Å². The molecule has 0 radical (unpaired) electrons. The summed E-state index contributed by atoms with van der Waals surface area (Å²) >= 11 is 0. The van der Waals surface area contributed by atoms with Gasteiger partial charge in [0.15, 0.2) is 11.3 Å². The van der Waals surface area contributed by atoms with E-state index in [1.54, 1.807) is 24.4 Å². The molecule has 1 aliphatic carbocycles. The minimum absolute atomic E-state index is 0.0174. The summed E-state index contributed by atoms with van der Waals surface area (Å²) in [5.41, 5.74) is 1.76. The predicted octanol–water partition coefficient (Wildman–Crippen LogP) is 4.58. The van der Waals surface area contributed by atoms with E-state index in [4.69, 9.17) is 15.2 Å². The Morgan fingerprint density at radius 1 is 1.19 bits per heavy atom. The Hall–Kier alpha value is -4.29. The van der Waals surface area contributed by atoms with Crippen molar-refractivity contribution in [1.82, 2.24) is 15.3 Å². The highest BCUT2D eigenvalue weighted by atomic mass is 19.4. The number of pyridine rings is 2. The zero-order valence-electron chi connectivity index (χ0n) is 22.3. The summed E-state index contributed by atoms with van der Waals surface area (Å²) in [6.07, 6.45) is -2.15. The second-order valence-electron chi connectivity index (χ2n) is 10.6. The van der Waals surface area contributed by atoms with Gasteiger partial charge in [-0.3, -0.25) is 9.78 Å². The molecule has 0 bridgehead atoms. The van der Waals surface area contributed by atoms with Crippen LogP contribution in [0.5, 0.6) is 11.5 Å². The van der Waals surface area contributed by atoms with Gasteiger partial charge in [-0.1, -0.05) is 6.07 Å². The molecule has 2 atom stereocenters. The molecule has 0 saturated heterocycles. The van der Waals surface area contributed by atoms with Gasteiger partial charge in [-0.25, -0.2) is 9.37 Å². The lowest BCUT2D eigenvalue weighted by molar-refractivity contribution is -0.191. The van der Waals surface area contributed by atoms with E-state index in [1.165, 1.54) is 25.3 Å². The fourth-order valence-electron chi connectivity index (χ4n) is 5.30. The van der Waals surface area contributed by atoms with Gasteiger partial charge in [0.1, 0.15) is 35.0 Å². The lowest BCUT2D eigenvalue weighted by Gasteiger charge is -2.31. The lowest BCUT2D eigenvalue weighted by Crippen LogP contribution is -2.52. The summed E-state index contributed by atoms with van der Waals surface area (Å²) in [7, 11) is 1.46. The van der Waals surface area contributed by atoms with Crippen LogP contribution in [-0.2, 0) is 11.1 Å². The van der Waals surface area contributed by atoms with Gasteiger partial charge in [0.2, 0.25) is 0 Å². The third-order valence-corrected chi connectivity index (χ3v) is 7.89. The lowest BCUT2D eigenvalue weighted by atomic mass is 9.86. The summed E-state index contributed by atoms with van der Waals surface area (Å²) < 4.78 is 67.2. The fraction of sp³-hybridized carbons (Fsp3) is 0.300. The van der Waals surface area contributed by atoms with Crippen molar-refractivity contribution in [3.05, 3.63) is 83.4 Å². The number of carbonyl (C=O) groups is 1. The number of alkyl halides is 3. The van der Waals surface area contributed by atoms with Crippen LogP contribution in [0.15, 0.2) is 60.8 Å². The Balaban J connectivity index is 1.40. The molecule has 4 N–H and O–H groups in total. The van der Waals surface area contributed by atoms with E-state index in [-0.39, 0.29) is 40.7 Å². The first-order valence-corrected chi connectivity index (χ1v) is 13.2. The molecular formula is C30H26F4N4O4. The highest BCUT2D eigenvalue weighted by Gasteiger charge is 2.59. The highest BCUT2D eigenvalue weighted by Crippen LogP contribution is 2.52. The number of nitrogens with one attached hydrogen (secondary N) is 1. The second kappa shape index (κ2) is 9.92. The number of carbonyl (C=O) groups excluding carboxylic acids is 1. The van der Waals surface area contributed by atoms with E-state index in [1.807, 2.05) is 0 Å². The SMILES string of the molecule is COc1cc(C(=O)NCC(O)(c2cc3c(c(-c4ccc(F)cc4)n2)OC[C@@]3(N)C(F)(F)F)C2CC2)cc2cccnc12. The Morgan fingerprint density at radius 3 is 2.60 bits per heavy atom. The van der Waals surface area contributed by atoms with E-state index < -0.39 is 41.2 Å². The number of fused-ring (bicyclic) bond motifs is 2. The number of methoxy groups -OCH3 is 1. The molecule has 2 aromatic heterocycles. The summed E-state index contributed by atoms with van der Waals surface area (Å²) in [5.74, 6) is -1.28. The van der Waals surface area contributed by atoms with E-state index in [9.17, 15) is 27.5 Å². The Labute approximate surface area is 237 Å². The zero-order valence-corrected chi connectivity index (χ0v) is 22.3. The van der Waals surface area contributed by atoms with Gasteiger partial charge < -0.3 is 25.6 Å². The summed E-state index contributed by atoms with van der Waals surface area (Å²) in [6.45, 7) is -1.23. The van der Waals surface area contributed by atoms with Gasteiger partial charge in [-0.15, -0.1) is 0 Å². The normalized spacial score (nSPS) is 19.6. The van der Waals surface area contributed by atoms with Crippen LogP contribution in [0.2, 0.25) is 0 Å². The van der Waals surface area contributed by atoms with Crippen molar-refractivity contribution < 1.29 is 36.9 Å². The van der Waals surface area contributed by atoms with E-state index in [0.717, 1.165) is 18.2 Å². The number of nitrogens with two attached hydrogens (primary N) is 1. The number of hydrogen-bond acceptors (Lipinski definition) is 7.